The molecule has 3 heterocycles. The molecule has 0 bridgehead atoms. The minimum atomic E-state index is -0.475. The summed E-state index contributed by atoms with van der Waals surface area (Å²) in [4.78, 5) is 38.1. The molecule has 0 saturated heterocycles. The van der Waals surface area contributed by atoms with E-state index in [9.17, 15) is 14.4 Å². The number of hydrogen-bond acceptors (Lipinski definition) is 5. The van der Waals surface area contributed by atoms with Crippen LogP contribution in [0.5, 0.6) is 0 Å². The molecular weight excluding hydrogens is 446 g/mol. The summed E-state index contributed by atoms with van der Waals surface area (Å²) in [5.74, 6) is 0.499. The summed E-state index contributed by atoms with van der Waals surface area (Å²) in [6.45, 7) is 6.53. The van der Waals surface area contributed by atoms with Crippen molar-refractivity contribution in [1.29, 1.82) is 0 Å². The van der Waals surface area contributed by atoms with Gasteiger partial charge in [-0.25, -0.2) is 4.79 Å². The number of nitrogens with zero attached hydrogens (tertiary/aromatic N) is 2. The number of aromatic nitrogens is 2. The zero-order valence-corrected chi connectivity index (χ0v) is 19.6. The van der Waals surface area contributed by atoms with E-state index >= 15 is 0 Å². The lowest BCUT2D eigenvalue weighted by Crippen LogP contribution is -2.28. The number of amides is 3. The summed E-state index contributed by atoms with van der Waals surface area (Å²) >= 11 is 0. The molecule has 2 aromatic carbocycles. The van der Waals surface area contributed by atoms with Crippen molar-refractivity contribution in [2.45, 2.75) is 39.2 Å². The molecule has 178 valence electrons. The highest BCUT2D eigenvalue weighted by molar-refractivity contribution is 6.06. The van der Waals surface area contributed by atoms with E-state index in [0.29, 0.717) is 29.5 Å². The molecule has 2 aromatic heterocycles. The Morgan fingerprint density at radius 2 is 1.69 bits per heavy atom. The van der Waals surface area contributed by atoms with Crippen molar-refractivity contribution in [1.82, 2.24) is 9.72 Å². The Hall–Kier alpha value is -4.40. The first-order chi connectivity index (χ1) is 16.7. The molecule has 9 nitrogen and oxygen atoms in total. The van der Waals surface area contributed by atoms with Gasteiger partial charge in [0.2, 0.25) is 0 Å². The lowest BCUT2D eigenvalue weighted by atomic mass is 9.93. The van der Waals surface area contributed by atoms with Gasteiger partial charge >= 0.3 is 6.03 Å². The first-order valence-corrected chi connectivity index (χ1v) is 11.3. The molecular formula is C26H25N5O4. The van der Waals surface area contributed by atoms with E-state index in [4.69, 9.17) is 4.52 Å². The molecule has 0 aliphatic carbocycles. The highest BCUT2D eigenvalue weighted by Gasteiger charge is 2.22. The lowest BCUT2D eigenvalue weighted by Gasteiger charge is -2.12. The van der Waals surface area contributed by atoms with Crippen molar-refractivity contribution in [2.24, 2.45) is 0 Å². The lowest BCUT2D eigenvalue weighted by molar-refractivity contribution is 0.102. The molecule has 3 amide bonds. The Balaban J connectivity index is 1.25. The third-order valence-corrected chi connectivity index (χ3v) is 5.94. The molecule has 0 radical (unpaired) electrons. The molecule has 0 spiro atoms. The first kappa shape index (κ1) is 22.4. The number of pyridine rings is 1. The summed E-state index contributed by atoms with van der Waals surface area (Å²) in [6.07, 6.45) is 0.786. The zero-order valence-electron chi connectivity index (χ0n) is 19.6. The van der Waals surface area contributed by atoms with Crippen molar-refractivity contribution in [3.8, 4) is 0 Å². The molecule has 0 unspecified atom stereocenters. The van der Waals surface area contributed by atoms with Gasteiger partial charge in [0.05, 0.1) is 5.52 Å². The molecule has 1 aliphatic heterocycles. The van der Waals surface area contributed by atoms with Gasteiger partial charge in [-0.05, 0) is 47.7 Å². The van der Waals surface area contributed by atoms with Crippen LogP contribution in [-0.2, 0) is 18.4 Å². The summed E-state index contributed by atoms with van der Waals surface area (Å²) in [5.41, 5.74) is 2.63. The molecule has 0 fully saturated rings. The number of urea groups is 1. The fraction of sp³-hybridized carbons (Fsp3) is 0.231. The van der Waals surface area contributed by atoms with Gasteiger partial charge in [0, 0.05) is 29.4 Å². The number of aryl methyl sites for hydroxylation is 2. The van der Waals surface area contributed by atoms with Crippen LogP contribution in [0.2, 0.25) is 0 Å². The van der Waals surface area contributed by atoms with Crippen molar-refractivity contribution in [3.05, 3.63) is 81.8 Å². The number of rotatable bonds is 4. The van der Waals surface area contributed by atoms with Gasteiger partial charge in [0.25, 0.3) is 11.5 Å². The molecule has 1 aliphatic rings. The molecule has 35 heavy (non-hydrogen) atoms. The SMILES string of the molecule is CC(C)(C)c1cc(NC(=O)Nc2ccc(NC(=O)c3cc4cccc5c4n(c3=O)CC5)cc2)no1. The normalized spacial score (nSPS) is 12.5. The van der Waals surface area contributed by atoms with Crippen molar-refractivity contribution < 1.29 is 14.1 Å². The highest BCUT2D eigenvalue weighted by atomic mass is 16.5. The van der Waals surface area contributed by atoms with Crippen molar-refractivity contribution >= 4 is 40.0 Å². The van der Waals surface area contributed by atoms with E-state index < -0.39 is 11.9 Å². The maximum absolute atomic E-state index is 12.9. The number of carbonyl (C=O) groups excluding carboxylic acids is 2. The monoisotopic (exact) mass is 471 g/mol. The van der Waals surface area contributed by atoms with Crippen LogP contribution >= 0.6 is 0 Å². The number of carbonyl (C=O) groups is 2. The van der Waals surface area contributed by atoms with Crippen LogP contribution in [0.25, 0.3) is 10.9 Å². The van der Waals surface area contributed by atoms with Crippen LogP contribution in [0.3, 0.4) is 0 Å². The first-order valence-electron chi connectivity index (χ1n) is 11.3. The summed E-state index contributed by atoms with van der Waals surface area (Å²) in [5, 5.41) is 12.8. The maximum Gasteiger partial charge on any atom is 0.324 e. The Bertz CT molecular complexity index is 1510. The minimum Gasteiger partial charge on any atom is -0.359 e. The van der Waals surface area contributed by atoms with Gasteiger partial charge in [-0.15, -0.1) is 0 Å². The zero-order chi connectivity index (χ0) is 24.7. The largest absolute Gasteiger partial charge is 0.359 e. The summed E-state index contributed by atoms with van der Waals surface area (Å²) in [6, 6.07) is 15.3. The second kappa shape index (κ2) is 8.43. The van der Waals surface area contributed by atoms with E-state index in [1.807, 2.05) is 39.0 Å². The van der Waals surface area contributed by atoms with Gasteiger partial charge < -0.3 is 19.7 Å². The van der Waals surface area contributed by atoms with Gasteiger partial charge in [0.1, 0.15) is 11.3 Å². The second-order valence-electron chi connectivity index (χ2n) is 9.56. The van der Waals surface area contributed by atoms with Gasteiger partial charge in [-0.3, -0.25) is 14.9 Å². The quantitative estimate of drug-likeness (QED) is 0.397. The fourth-order valence-corrected chi connectivity index (χ4v) is 4.13. The fourth-order valence-electron chi connectivity index (χ4n) is 4.13. The van der Waals surface area contributed by atoms with E-state index in [2.05, 4.69) is 21.1 Å². The second-order valence-corrected chi connectivity index (χ2v) is 9.56. The van der Waals surface area contributed by atoms with Crippen LogP contribution in [0, 0.1) is 0 Å². The van der Waals surface area contributed by atoms with Crippen LogP contribution in [0.4, 0.5) is 22.0 Å². The molecule has 3 N–H and O–H groups in total. The third kappa shape index (κ3) is 4.40. The van der Waals surface area contributed by atoms with E-state index in [-0.39, 0.29) is 16.5 Å². The smallest absolute Gasteiger partial charge is 0.324 e. The third-order valence-electron chi connectivity index (χ3n) is 5.94. The number of para-hydroxylation sites is 1. The number of nitrogens with one attached hydrogen (secondary N) is 3. The topological polar surface area (TPSA) is 118 Å². The minimum absolute atomic E-state index is 0.0976. The molecule has 9 heteroatoms. The van der Waals surface area contributed by atoms with Crippen molar-refractivity contribution in [3.63, 3.8) is 0 Å². The van der Waals surface area contributed by atoms with Gasteiger partial charge in [-0.2, -0.15) is 0 Å². The molecule has 5 rings (SSSR count). The van der Waals surface area contributed by atoms with Crippen molar-refractivity contribution in [2.75, 3.05) is 16.0 Å². The summed E-state index contributed by atoms with van der Waals surface area (Å²) < 4.78 is 6.93. The molecule has 4 aromatic rings. The molecule has 0 atom stereocenters. The highest BCUT2D eigenvalue weighted by Crippen LogP contribution is 2.26. The van der Waals surface area contributed by atoms with E-state index in [0.717, 1.165) is 22.9 Å². The Morgan fingerprint density at radius 3 is 2.37 bits per heavy atom. The van der Waals surface area contributed by atoms with Crippen LogP contribution in [0.15, 0.2) is 63.9 Å². The number of hydrogen-bond donors (Lipinski definition) is 3. The van der Waals surface area contributed by atoms with Crippen LogP contribution in [0.1, 0.15) is 42.5 Å². The predicted molar refractivity (Wildman–Crippen MR) is 134 cm³/mol. The number of benzene rings is 2. The predicted octanol–water partition coefficient (Wildman–Crippen LogP) is 4.74. The maximum atomic E-state index is 12.9. The molecule has 0 saturated carbocycles. The Kier molecular flexibility index (Phi) is 5.39. The average Bonchev–Trinajstić information content (AvgIpc) is 3.46. The van der Waals surface area contributed by atoms with Gasteiger partial charge in [-0.1, -0.05) is 44.1 Å². The summed E-state index contributed by atoms with van der Waals surface area (Å²) in [7, 11) is 0. The Labute approximate surface area is 201 Å². The van der Waals surface area contributed by atoms with E-state index in [1.165, 1.54) is 0 Å². The van der Waals surface area contributed by atoms with Gasteiger partial charge in [0.15, 0.2) is 5.82 Å². The van der Waals surface area contributed by atoms with Crippen LogP contribution < -0.4 is 21.5 Å². The van der Waals surface area contributed by atoms with Crippen LogP contribution in [-0.4, -0.2) is 21.7 Å². The van der Waals surface area contributed by atoms with E-state index in [1.54, 1.807) is 41.0 Å². The number of anilines is 3. The standard InChI is InChI=1S/C26H25N5O4/c1-26(2,3)20-14-21(30-35-20)29-25(34)28-18-9-7-17(8-10-18)27-23(32)19-13-16-6-4-5-15-11-12-31(22(15)16)24(19)33/h4-10,13-14H,11-12H2,1-3H3,(H,27,32)(H2,28,29,30,34). The Morgan fingerprint density at radius 1 is 0.971 bits per heavy atom. The average molecular weight is 472 g/mol.